The van der Waals surface area contributed by atoms with Gasteiger partial charge in [0.1, 0.15) is 5.75 Å². The van der Waals surface area contributed by atoms with Crippen molar-refractivity contribution in [2.75, 3.05) is 20.2 Å². The van der Waals surface area contributed by atoms with E-state index in [1.165, 1.54) is 0 Å². The Hall–Kier alpha value is -0.630. The van der Waals surface area contributed by atoms with E-state index in [-0.39, 0.29) is 10.9 Å². The highest BCUT2D eigenvalue weighted by Crippen LogP contribution is 2.27. The lowest BCUT2D eigenvalue weighted by atomic mass is 10.1. The largest absolute Gasteiger partial charge is 0.496 e. The van der Waals surface area contributed by atoms with Crippen LogP contribution in [0.15, 0.2) is 27.6 Å². The summed E-state index contributed by atoms with van der Waals surface area (Å²) in [5.74, 6) is 0.614. The first-order valence-electron chi connectivity index (χ1n) is 6.59. The van der Waals surface area contributed by atoms with Crippen LogP contribution in [0.4, 0.5) is 0 Å². The SMILES string of the molecule is COc1ccc(S(=O)(=O)NC2CCCNCC2)cc1Br. The fourth-order valence-electron chi connectivity index (χ4n) is 2.24. The first kappa shape index (κ1) is 15.8. The minimum absolute atomic E-state index is 0.00382. The third-order valence-corrected chi connectivity index (χ3v) is 5.47. The molecule has 20 heavy (non-hydrogen) atoms. The molecule has 0 aliphatic carbocycles. The van der Waals surface area contributed by atoms with Crippen LogP contribution in [0.3, 0.4) is 0 Å². The Morgan fingerprint density at radius 3 is 2.85 bits per heavy atom. The zero-order valence-corrected chi connectivity index (χ0v) is 13.8. The van der Waals surface area contributed by atoms with Crippen LogP contribution in [0.5, 0.6) is 5.75 Å². The Kier molecular flexibility index (Phi) is 5.42. The van der Waals surface area contributed by atoms with Crippen molar-refractivity contribution in [3.05, 3.63) is 22.7 Å². The summed E-state index contributed by atoms with van der Waals surface area (Å²) in [6.07, 6.45) is 2.67. The van der Waals surface area contributed by atoms with Gasteiger partial charge in [-0.1, -0.05) is 0 Å². The number of hydrogen-bond acceptors (Lipinski definition) is 4. The first-order chi connectivity index (χ1) is 9.53. The third kappa shape index (κ3) is 3.94. The molecule has 1 aliphatic rings. The standard InChI is InChI=1S/C13H19BrN2O3S/c1-19-13-5-4-11(9-12(13)14)20(17,18)16-10-3-2-7-15-8-6-10/h4-5,9-10,15-16H,2-3,6-8H2,1H3. The van der Waals surface area contributed by atoms with Crippen LogP contribution < -0.4 is 14.8 Å². The van der Waals surface area contributed by atoms with Gasteiger partial charge in [-0.2, -0.15) is 0 Å². The van der Waals surface area contributed by atoms with Crippen molar-refractivity contribution in [3.63, 3.8) is 0 Å². The lowest BCUT2D eigenvalue weighted by molar-refractivity contribution is 0.411. The summed E-state index contributed by atoms with van der Waals surface area (Å²) in [6.45, 7) is 1.80. The molecule has 0 saturated carbocycles. The van der Waals surface area contributed by atoms with Crippen LogP contribution >= 0.6 is 15.9 Å². The molecule has 1 fully saturated rings. The molecule has 5 nitrogen and oxygen atoms in total. The van der Waals surface area contributed by atoms with Gasteiger partial charge in [0.15, 0.2) is 0 Å². The summed E-state index contributed by atoms with van der Waals surface area (Å²) < 4.78 is 33.3. The molecule has 1 aromatic rings. The van der Waals surface area contributed by atoms with Crippen molar-refractivity contribution >= 4 is 26.0 Å². The van der Waals surface area contributed by atoms with E-state index in [1.807, 2.05) is 0 Å². The molecule has 0 radical (unpaired) electrons. The molecule has 112 valence electrons. The van der Waals surface area contributed by atoms with Gasteiger partial charge in [-0.05, 0) is 66.5 Å². The van der Waals surface area contributed by atoms with Crippen molar-refractivity contribution in [1.82, 2.24) is 10.0 Å². The van der Waals surface area contributed by atoms with Crippen LogP contribution in [0.2, 0.25) is 0 Å². The van der Waals surface area contributed by atoms with Crippen LogP contribution in [0.25, 0.3) is 0 Å². The Morgan fingerprint density at radius 1 is 1.35 bits per heavy atom. The van der Waals surface area contributed by atoms with Crippen LogP contribution in [-0.4, -0.2) is 34.7 Å². The van der Waals surface area contributed by atoms with Gasteiger partial charge >= 0.3 is 0 Å². The molecule has 2 rings (SSSR count). The minimum Gasteiger partial charge on any atom is -0.496 e. The smallest absolute Gasteiger partial charge is 0.240 e. The van der Waals surface area contributed by atoms with E-state index in [9.17, 15) is 8.42 Å². The molecule has 1 aliphatic heterocycles. The van der Waals surface area contributed by atoms with Crippen LogP contribution in [-0.2, 0) is 10.0 Å². The highest BCUT2D eigenvalue weighted by Gasteiger charge is 2.21. The van der Waals surface area contributed by atoms with E-state index in [0.717, 1.165) is 32.4 Å². The number of methoxy groups -OCH3 is 1. The topological polar surface area (TPSA) is 67.4 Å². The summed E-state index contributed by atoms with van der Waals surface area (Å²) in [5, 5.41) is 3.27. The molecular weight excluding hydrogens is 344 g/mol. The van der Waals surface area contributed by atoms with E-state index >= 15 is 0 Å². The molecule has 1 atom stereocenters. The number of hydrogen-bond donors (Lipinski definition) is 2. The maximum atomic E-state index is 12.4. The number of benzene rings is 1. The molecule has 0 amide bonds. The molecule has 1 saturated heterocycles. The molecule has 7 heteroatoms. The molecule has 0 spiro atoms. The van der Waals surface area contributed by atoms with Crippen molar-refractivity contribution < 1.29 is 13.2 Å². The molecular formula is C13H19BrN2O3S. The lowest BCUT2D eigenvalue weighted by Crippen LogP contribution is -2.35. The molecule has 1 heterocycles. The fraction of sp³-hybridized carbons (Fsp3) is 0.538. The molecule has 1 unspecified atom stereocenters. The number of ether oxygens (including phenoxy) is 1. The maximum absolute atomic E-state index is 12.4. The lowest BCUT2D eigenvalue weighted by Gasteiger charge is -2.16. The van der Waals surface area contributed by atoms with Crippen LogP contribution in [0.1, 0.15) is 19.3 Å². The van der Waals surface area contributed by atoms with Gasteiger partial charge in [-0.25, -0.2) is 13.1 Å². The van der Waals surface area contributed by atoms with Crippen molar-refractivity contribution in [2.45, 2.75) is 30.2 Å². The minimum atomic E-state index is -3.49. The average molecular weight is 363 g/mol. The van der Waals surface area contributed by atoms with E-state index in [2.05, 4.69) is 26.0 Å². The zero-order chi connectivity index (χ0) is 14.6. The predicted molar refractivity (Wildman–Crippen MR) is 81.5 cm³/mol. The summed E-state index contributed by atoms with van der Waals surface area (Å²) in [6, 6.07) is 4.76. The second-order valence-electron chi connectivity index (χ2n) is 4.80. The van der Waals surface area contributed by atoms with E-state index < -0.39 is 10.0 Å². The van der Waals surface area contributed by atoms with Crippen LogP contribution in [0, 0.1) is 0 Å². The third-order valence-electron chi connectivity index (χ3n) is 3.33. The van der Waals surface area contributed by atoms with Gasteiger partial charge in [0.2, 0.25) is 10.0 Å². The van der Waals surface area contributed by atoms with Crippen molar-refractivity contribution in [2.24, 2.45) is 0 Å². The van der Waals surface area contributed by atoms with Crippen molar-refractivity contribution in [3.8, 4) is 5.75 Å². The van der Waals surface area contributed by atoms with E-state index in [4.69, 9.17) is 4.74 Å². The monoisotopic (exact) mass is 362 g/mol. The summed E-state index contributed by atoms with van der Waals surface area (Å²) in [5.41, 5.74) is 0. The van der Waals surface area contributed by atoms with Gasteiger partial charge in [0.25, 0.3) is 0 Å². The molecule has 2 N–H and O–H groups in total. The Balaban J connectivity index is 2.15. The fourth-order valence-corrected chi connectivity index (χ4v) is 4.26. The number of nitrogens with one attached hydrogen (secondary N) is 2. The Bertz CT molecular complexity index is 555. The number of halogens is 1. The number of rotatable bonds is 4. The summed E-state index contributed by atoms with van der Waals surface area (Å²) in [4.78, 5) is 0.252. The summed E-state index contributed by atoms with van der Waals surface area (Å²) >= 11 is 3.31. The second kappa shape index (κ2) is 6.89. The highest BCUT2D eigenvalue weighted by molar-refractivity contribution is 9.10. The van der Waals surface area contributed by atoms with Gasteiger partial charge in [0, 0.05) is 6.04 Å². The van der Waals surface area contributed by atoms with Gasteiger partial charge in [-0.15, -0.1) is 0 Å². The van der Waals surface area contributed by atoms with Gasteiger partial charge in [-0.3, -0.25) is 0 Å². The normalized spacial score (nSPS) is 20.4. The maximum Gasteiger partial charge on any atom is 0.240 e. The molecule has 0 bridgehead atoms. The summed E-state index contributed by atoms with van der Waals surface area (Å²) in [7, 11) is -1.94. The second-order valence-corrected chi connectivity index (χ2v) is 7.36. The van der Waals surface area contributed by atoms with E-state index in [1.54, 1.807) is 25.3 Å². The Morgan fingerprint density at radius 2 is 2.15 bits per heavy atom. The quantitative estimate of drug-likeness (QED) is 0.857. The van der Waals surface area contributed by atoms with Crippen molar-refractivity contribution in [1.29, 1.82) is 0 Å². The highest BCUT2D eigenvalue weighted by atomic mass is 79.9. The molecule has 0 aromatic heterocycles. The zero-order valence-electron chi connectivity index (χ0n) is 11.4. The Labute approximate surface area is 128 Å². The van der Waals surface area contributed by atoms with E-state index in [0.29, 0.717) is 10.2 Å². The molecule has 1 aromatic carbocycles. The average Bonchev–Trinajstić information content (AvgIpc) is 2.66. The number of sulfonamides is 1. The van der Waals surface area contributed by atoms with Gasteiger partial charge in [0.05, 0.1) is 16.5 Å². The predicted octanol–water partition coefficient (Wildman–Crippen LogP) is 1.88. The van der Waals surface area contributed by atoms with Gasteiger partial charge < -0.3 is 10.1 Å². The first-order valence-corrected chi connectivity index (χ1v) is 8.87.